The molecule has 2 amide bonds. The van der Waals surface area contributed by atoms with E-state index in [0.29, 0.717) is 50.1 Å². The monoisotopic (exact) mass is 392 g/mol. The Balaban J connectivity index is 1.42. The third-order valence-electron chi connectivity index (χ3n) is 7.46. The highest BCUT2D eigenvalue weighted by Crippen LogP contribution is 2.30. The van der Waals surface area contributed by atoms with E-state index in [4.69, 9.17) is 0 Å². The van der Waals surface area contributed by atoms with E-state index in [9.17, 15) is 9.59 Å². The van der Waals surface area contributed by atoms with Gasteiger partial charge in [-0.25, -0.2) is 0 Å². The van der Waals surface area contributed by atoms with Crippen LogP contribution < -0.4 is 0 Å². The van der Waals surface area contributed by atoms with Gasteiger partial charge in [-0.15, -0.1) is 0 Å². The van der Waals surface area contributed by atoms with E-state index in [-0.39, 0.29) is 11.8 Å². The van der Waals surface area contributed by atoms with Crippen molar-refractivity contribution >= 4 is 11.8 Å². The molecule has 0 N–H and O–H groups in total. The molecule has 0 spiro atoms. The molecule has 1 heterocycles. The minimum Gasteiger partial charge on any atom is -0.339 e. The van der Waals surface area contributed by atoms with Crippen LogP contribution in [0.4, 0.5) is 0 Å². The highest BCUT2D eigenvalue weighted by molar-refractivity contribution is 5.81. The molecule has 0 atom stereocenters. The summed E-state index contributed by atoms with van der Waals surface area (Å²) < 4.78 is 0. The maximum Gasteiger partial charge on any atom is 0.225 e. The molecule has 6 nitrogen and oxygen atoms in total. The van der Waals surface area contributed by atoms with Gasteiger partial charge in [0.1, 0.15) is 0 Å². The summed E-state index contributed by atoms with van der Waals surface area (Å²) in [6.45, 7) is 2.85. The SMILES string of the molecule is CN(C)C1CCC(C(=O)N2CCN(C(=O)C3CCC(N(C)C)CC3)CC2)CC1. The molecule has 1 aliphatic heterocycles. The van der Waals surface area contributed by atoms with Crippen LogP contribution in [0.5, 0.6) is 0 Å². The lowest BCUT2D eigenvalue weighted by atomic mass is 9.84. The molecule has 0 radical (unpaired) electrons. The summed E-state index contributed by atoms with van der Waals surface area (Å²) in [5.74, 6) is 1.05. The van der Waals surface area contributed by atoms with Crippen molar-refractivity contribution in [1.29, 1.82) is 0 Å². The molecule has 3 rings (SSSR count). The van der Waals surface area contributed by atoms with Crippen molar-refractivity contribution < 1.29 is 9.59 Å². The molecule has 28 heavy (non-hydrogen) atoms. The Morgan fingerprint density at radius 1 is 0.571 bits per heavy atom. The molecule has 0 aromatic rings. The minimum atomic E-state index is 0.194. The van der Waals surface area contributed by atoms with Crippen molar-refractivity contribution in [2.45, 2.75) is 63.5 Å². The molecule has 0 aromatic carbocycles. The van der Waals surface area contributed by atoms with Gasteiger partial charge in [-0.05, 0) is 79.6 Å². The first-order valence-electron chi connectivity index (χ1n) is 11.3. The molecule has 2 aliphatic carbocycles. The van der Waals surface area contributed by atoms with Crippen molar-refractivity contribution in [3.05, 3.63) is 0 Å². The molecular weight excluding hydrogens is 352 g/mol. The summed E-state index contributed by atoms with van der Waals surface area (Å²) in [5, 5.41) is 0. The van der Waals surface area contributed by atoms with Crippen LogP contribution in [-0.4, -0.2) is 97.9 Å². The highest BCUT2D eigenvalue weighted by Gasteiger charge is 2.34. The van der Waals surface area contributed by atoms with Crippen LogP contribution in [0, 0.1) is 11.8 Å². The molecule has 0 aromatic heterocycles. The zero-order chi connectivity index (χ0) is 20.3. The maximum absolute atomic E-state index is 12.9. The Morgan fingerprint density at radius 2 is 0.857 bits per heavy atom. The summed E-state index contributed by atoms with van der Waals surface area (Å²) in [7, 11) is 8.54. The third-order valence-corrected chi connectivity index (χ3v) is 7.46. The van der Waals surface area contributed by atoms with Crippen molar-refractivity contribution in [2.24, 2.45) is 11.8 Å². The topological polar surface area (TPSA) is 47.1 Å². The Kier molecular flexibility index (Phi) is 7.37. The molecule has 2 saturated carbocycles. The van der Waals surface area contributed by atoms with Crippen molar-refractivity contribution in [3.63, 3.8) is 0 Å². The second-order valence-corrected chi connectivity index (χ2v) is 9.59. The summed E-state index contributed by atoms with van der Waals surface area (Å²) in [6.07, 6.45) is 8.53. The van der Waals surface area contributed by atoms with E-state index < -0.39 is 0 Å². The van der Waals surface area contributed by atoms with Crippen LogP contribution in [0.3, 0.4) is 0 Å². The quantitative estimate of drug-likeness (QED) is 0.733. The zero-order valence-electron chi connectivity index (χ0n) is 18.4. The van der Waals surface area contributed by atoms with Crippen LogP contribution in [-0.2, 0) is 9.59 Å². The average molecular weight is 393 g/mol. The average Bonchev–Trinajstić information content (AvgIpc) is 2.73. The second kappa shape index (κ2) is 9.57. The second-order valence-electron chi connectivity index (χ2n) is 9.59. The van der Waals surface area contributed by atoms with Crippen LogP contribution in [0.15, 0.2) is 0 Å². The number of carbonyl (C=O) groups excluding carboxylic acids is 2. The number of carbonyl (C=O) groups is 2. The van der Waals surface area contributed by atoms with Gasteiger partial charge in [0, 0.05) is 50.1 Å². The van der Waals surface area contributed by atoms with Crippen LogP contribution in [0.1, 0.15) is 51.4 Å². The lowest BCUT2D eigenvalue weighted by Crippen LogP contribution is -2.54. The van der Waals surface area contributed by atoms with E-state index in [2.05, 4.69) is 38.0 Å². The molecule has 6 heteroatoms. The van der Waals surface area contributed by atoms with Crippen molar-refractivity contribution in [1.82, 2.24) is 19.6 Å². The predicted octanol–water partition coefficient (Wildman–Crippen LogP) is 1.90. The van der Waals surface area contributed by atoms with E-state index in [1.807, 2.05) is 9.80 Å². The van der Waals surface area contributed by atoms with E-state index in [0.717, 1.165) is 51.4 Å². The smallest absolute Gasteiger partial charge is 0.225 e. The summed E-state index contributed by atoms with van der Waals surface area (Å²) in [6, 6.07) is 1.25. The summed E-state index contributed by atoms with van der Waals surface area (Å²) >= 11 is 0. The lowest BCUT2D eigenvalue weighted by molar-refractivity contribution is -0.145. The Labute approximate surface area is 171 Å². The van der Waals surface area contributed by atoms with Gasteiger partial charge in [0.25, 0.3) is 0 Å². The van der Waals surface area contributed by atoms with Crippen LogP contribution >= 0.6 is 0 Å². The van der Waals surface area contributed by atoms with Gasteiger partial charge < -0.3 is 19.6 Å². The molecular formula is C22H40N4O2. The number of rotatable bonds is 4. The molecule has 0 bridgehead atoms. The normalized spacial score (nSPS) is 32.1. The fraction of sp³-hybridized carbons (Fsp3) is 0.909. The molecule has 3 fully saturated rings. The summed E-state index contributed by atoms with van der Waals surface area (Å²) in [4.78, 5) is 34.4. The third kappa shape index (κ3) is 5.07. The molecule has 1 saturated heterocycles. The standard InChI is InChI=1S/C22H40N4O2/c1-23(2)19-9-5-17(6-10-19)21(27)25-13-15-26(16-14-25)22(28)18-7-11-20(12-8-18)24(3)4/h17-20H,5-16H2,1-4H3. The maximum atomic E-state index is 12.9. The van der Waals surface area contributed by atoms with Gasteiger partial charge in [0.2, 0.25) is 11.8 Å². The fourth-order valence-electron chi connectivity index (χ4n) is 5.34. The van der Waals surface area contributed by atoms with Crippen molar-refractivity contribution in [3.8, 4) is 0 Å². The first kappa shape index (κ1) is 21.6. The fourth-order valence-corrected chi connectivity index (χ4v) is 5.34. The largest absolute Gasteiger partial charge is 0.339 e. The van der Waals surface area contributed by atoms with E-state index >= 15 is 0 Å². The lowest BCUT2D eigenvalue weighted by Gasteiger charge is -2.40. The van der Waals surface area contributed by atoms with Crippen LogP contribution in [0.2, 0.25) is 0 Å². The Morgan fingerprint density at radius 3 is 1.11 bits per heavy atom. The van der Waals surface area contributed by atoms with E-state index in [1.54, 1.807) is 0 Å². The van der Waals surface area contributed by atoms with Gasteiger partial charge in [0.15, 0.2) is 0 Å². The van der Waals surface area contributed by atoms with Gasteiger partial charge in [0.05, 0.1) is 0 Å². The van der Waals surface area contributed by atoms with Gasteiger partial charge >= 0.3 is 0 Å². The number of amides is 2. The Bertz CT molecular complexity index is 479. The van der Waals surface area contributed by atoms with Gasteiger partial charge in [-0.2, -0.15) is 0 Å². The predicted molar refractivity (Wildman–Crippen MR) is 112 cm³/mol. The highest BCUT2D eigenvalue weighted by atomic mass is 16.2. The zero-order valence-corrected chi connectivity index (χ0v) is 18.4. The number of piperazine rings is 1. The number of hydrogen-bond acceptors (Lipinski definition) is 4. The van der Waals surface area contributed by atoms with E-state index in [1.165, 1.54) is 0 Å². The first-order chi connectivity index (χ1) is 13.4. The molecule has 0 unspecified atom stereocenters. The number of hydrogen-bond donors (Lipinski definition) is 0. The van der Waals surface area contributed by atoms with Crippen molar-refractivity contribution in [2.75, 3.05) is 54.4 Å². The molecule has 160 valence electrons. The molecule has 3 aliphatic rings. The number of nitrogens with zero attached hydrogens (tertiary/aromatic N) is 4. The Hall–Kier alpha value is -1.14. The first-order valence-corrected chi connectivity index (χ1v) is 11.3. The summed E-state index contributed by atoms with van der Waals surface area (Å²) in [5.41, 5.74) is 0. The van der Waals surface area contributed by atoms with Gasteiger partial charge in [-0.3, -0.25) is 9.59 Å². The van der Waals surface area contributed by atoms with Crippen LogP contribution in [0.25, 0.3) is 0 Å². The minimum absolute atomic E-state index is 0.194. The van der Waals surface area contributed by atoms with Gasteiger partial charge in [-0.1, -0.05) is 0 Å².